The van der Waals surface area contributed by atoms with Crippen LogP contribution in [0.15, 0.2) is 42.5 Å². The molecule has 0 spiro atoms. The van der Waals surface area contributed by atoms with Crippen molar-refractivity contribution in [3.63, 3.8) is 0 Å². The van der Waals surface area contributed by atoms with Gasteiger partial charge in [0.05, 0.1) is 0 Å². The fourth-order valence-electron chi connectivity index (χ4n) is 2.83. The van der Waals surface area contributed by atoms with Gasteiger partial charge in [-0.05, 0) is 44.4 Å². The largest absolute Gasteiger partial charge is 0.445 e. The molecule has 5 nitrogen and oxygen atoms in total. The quantitative estimate of drug-likeness (QED) is 0.892. The first-order valence-electron chi connectivity index (χ1n) is 8.00. The molecule has 1 heterocycles. The zero-order chi connectivity index (χ0) is 16.2. The van der Waals surface area contributed by atoms with Gasteiger partial charge >= 0.3 is 6.09 Å². The first kappa shape index (κ1) is 15.5. The molecular weight excluding hydrogens is 290 g/mol. The second-order valence-electron chi connectivity index (χ2n) is 6.15. The molecule has 5 heteroatoms. The van der Waals surface area contributed by atoms with Crippen LogP contribution in [0.25, 0.3) is 0 Å². The van der Waals surface area contributed by atoms with Gasteiger partial charge in [-0.25, -0.2) is 4.79 Å². The maximum absolute atomic E-state index is 11.8. The van der Waals surface area contributed by atoms with Crippen molar-refractivity contribution < 1.29 is 9.53 Å². The molecular formula is C18H23N3O2. The number of hydrogen-bond acceptors (Lipinski definition) is 3. The molecule has 0 unspecified atom stereocenters. The van der Waals surface area contributed by atoms with E-state index < -0.39 is 0 Å². The van der Waals surface area contributed by atoms with Crippen LogP contribution in [0.2, 0.25) is 0 Å². The van der Waals surface area contributed by atoms with Gasteiger partial charge in [-0.2, -0.15) is 0 Å². The van der Waals surface area contributed by atoms with Crippen LogP contribution in [0.5, 0.6) is 0 Å². The Morgan fingerprint density at radius 1 is 1.09 bits per heavy atom. The summed E-state index contributed by atoms with van der Waals surface area (Å²) in [6.45, 7) is 4.47. The first-order chi connectivity index (χ1) is 11.1. The van der Waals surface area contributed by atoms with Gasteiger partial charge in [0.1, 0.15) is 6.61 Å². The van der Waals surface area contributed by atoms with Crippen molar-refractivity contribution in [1.82, 2.24) is 9.99 Å². The minimum atomic E-state index is -0.342. The Bertz CT molecular complexity index is 641. The third kappa shape index (κ3) is 3.86. The average molecular weight is 313 g/mol. The number of aryl methyl sites for hydroxylation is 2. The predicted octanol–water partition coefficient (Wildman–Crippen LogP) is 3.11. The Morgan fingerprint density at radius 3 is 2.39 bits per heavy atom. The first-order valence-corrected chi connectivity index (χ1v) is 8.00. The highest BCUT2D eigenvalue weighted by Crippen LogP contribution is 2.22. The molecule has 0 saturated heterocycles. The van der Waals surface area contributed by atoms with Crippen LogP contribution >= 0.6 is 0 Å². The zero-order valence-electron chi connectivity index (χ0n) is 13.6. The van der Waals surface area contributed by atoms with Crippen molar-refractivity contribution in [3.8, 4) is 0 Å². The number of carbonyl (C=O) groups excluding carboxylic acids is 1. The van der Waals surface area contributed by atoms with Gasteiger partial charge in [0.25, 0.3) is 0 Å². The molecule has 1 aliphatic carbocycles. The average Bonchev–Trinajstić information content (AvgIpc) is 2.83. The standard InChI is InChI=1S/C18H23N3O2/c1-13-8-9-14(2)21(13)20-17-10-16(11-17)19-18(22)23-12-15-6-4-3-5-7-15/h3-9,16-17,20H,10-12H2,1-2H3,(H,19,22). The van der Waals surface area contributed by atoms with Crippen molar-refractivity contribution in [2.75, 3.05) is 5.43 Å². The molecule has 3 rings (SSSR count). The monoisotopic (exact) mass is 313 g/mol. The third-order valence-corrected chi connectivity index (χ3v) is 4.26. The smallest absolute Gasteiger partial charge is 0.407 e. The van der Waals surface area contributed by atoms with E-state index in [9.17, 15) is 4.79 Å². The molecule has 0 bridgehead atoms. The molecule has 0 atom stereocenters. The van der Waals surface area contributed by atoms with Gasteiger partial charge in [-0.1, -0.05) is 30.3 Å². The van der Waals surface area contributed by atoms with Crippen LogP contribution < -0.4 is 10.7 Å². The maximum Gasteiger partial charge on any atom is 0.407 e. The molecule has 1 saturated carbocycles. The Labute approximate surface area is 136 Å². The van der Waals surface area contributed by atoms with E-state index in [0.29, 0.717) is 12.6 Å². The van der Waals surface area contributed by atoms with Crippen LogP contribution in [-0.4, -0.2) is 22.9 Å². The summed E-state index contributed by atoms with van der Waals surface area (Å²) in [5.74, 6) is 0. The van der Waals surface area contributed by atoms with E-state index in [1.807, 2.05) is 30.3 Å². The third-order valence-electron chi connectivity index (χ3n) is 4.26. The lowest BCUT2D eigenvalue weighted by atomic mass is 9.87. The lowest BCUT2D eigenvalue weighted by Crippen LogP contribution is -2.51. The number of benzene rings is 1. The maximum atomic E-state index is 11.8. The predicted molar refractivity (Wildman–Crippen MR) is 89.8 cm³/mol. The molecule has 2 N–H and O–H groups in total. The molecule has 1 fully saturated rings. The lowest BCUT2D eigenvalue weighted by Gasteiger charge is -2.37. The van der Waals surface area contributed by atoms with E-state index in [4.69, 9.17) is 4.74 Å². The Hall–Kier alpha value is -2.43. The van der Waals surface area contributed by atoms with Gasteiger partial charge in [0, 0.05) is 23.5 Å². The van der Waals surface area contributed by atoms with Gasteiger partial charge in [0.15, 0.2) is 0 Å². The molecule has 1 aromatic carbocycles. The Balaban J connectivity index is 1.37. The van der Waals surface area contributed by atoms with Crippen molar-refractivity contribution in [2.45, 2.75) is 45.4 Å². The van der Waals surface area contributed by atoms with Gasteiger partial charge in [-0.15, -0.1) is 0 Å². The van der Waals surface area contributed by atoms with Crippen LogP contribution in [0.3, 0.4) is 0 Å². The Kier molecular flexibility index (Phi) is 4.55. The molecule has 1 aliphatic rings. The second-order valence-corrected chi connectivity index (χ2v) is 6.15. The molecule has 1 amide bonds. The molecule has 122 valence electrons. The van der Waals surface area contributed by atoms with E-state index in [-0.39, 0.29) is 12.1 Å². The fraction of sp³-hybridized carbons (Fsp3) is 0.389. The van der Waals surface area contributed by atoms with Crippen molar-refractivity contribution in [2.24, 2.45) is 0 Å². The number of nitrogens with zero attached hydrogens (tertiary/aromatic N) is 1. The molecule has 1 aromatic heterocycles. The van der Waals surface area contributed by atoms with E-state index in [0.717, 1.165) is 18.4 Å². The number of nitrogens with one attached hydrogen (secondary N) is 2. The normalized spacial score (nSPS) is 19.7. The van der Waals surface area contributed by atoms with Crippen molar-refractivity contribution >= 4 is 6.09 Å². The van der Waals surface area contributed by atoms with Crippen LogP contribution in [0.1, 0.15) is 29.8 Å². The van der Waals surface area contributed by atoms with Crippen LogP contribution in [0, 0.1) is 13.8 Å². The van der Waals surface area contributed by atoms with Gasteiger partial charge in [-0.3, -0.25) is 4.68 Å². The number of carbonyl (C=O) groups is 1. The molecule has 0 radical (unpaired) electrons. The van der Waals surface area contributed by atoms with E-state index in [2.05, 4.69) is 41.4 Å². The van der Waals surface area contributed by atoms with Crippen LogP contribution in [0.4, 0.5) is 4.79 Å². The summed E-state index contributed by atoms with van der Waals surface area (Å²) in [5, 5.41) is 2.92. The highest BCUT2D eigenvalue weighted by Gasteiger charge is 2.31. The number of hydrogen-bond donors (Lipinski definition) is 2. The van der Waals surface area contributed by atoms with E-state index >= 15 is 0 Å². The van der Waals surface area contributed by atoms with Crippen molar-refractivity contribution in [1.29, 1.82) is 0 Å². The number of amides is 1. The molecule has 23 heavy (non-hydrogen) atoms. The summed E-state index contributed by atoms with van der Waals surface area (Å²) in [5.41, 5.74) is 6.87. The number of alkyl carbamates (subject to hydrolysis) is 1. The number of ether oxygens (including phenoxy) is 1. The summed E-state index contributed by atoms with van der Waals surface area (Å²) in [6.07, 6.45) is 1.49. The lowest BCUT2D eigenvalue weighted by molar-refractivity contribution is 0.128. The minimum absolute atomic E-state index is 0.187. The fourth-order valence-corrected chi connectivity index (χ4v) is 2.83. The number of rotatable bonds is 5. The van der Waals surface area contributed by atoms with E-state index in [1.54, 1.807) is 0 Å². The van der Waals surface area contributed by atoms with Gasteiger partial charge in [0.2, 0.25) is 0 Å². The van der Waals surface area contributed by atoms with Crippen molar-refractivity contribution in [3.05, 3.63) is 59.4 Å². The van der Waals surface area contributed by atoms with Crippen LogP contribution in [-0.2, 0) is 11.3 Å². The Morgan fingerprint density at radius 2 is 1.74 bits per heavy atom. The summed E-state index contributed by atoms with van der Waals surface area (Å²) in [7, 11) is 0. The summed E-state index contributed by atoms with van der Waals surface area (Å²) in [6, 6.07) is 14.5. The minimum Gasteiger partial charge on any atom is -0.445 e. The highest BCUT2D eigenvalue weighted by atomic mass is 16.5. The summed E-state index contributed by atoms with van der Waals surface area (Å²) in [4.78, 5) is 11.8. The summed E-state index contributed by atoms with van der Waals surface area (Å²) >= 11 is 0. The number of aromatic nitrogens is 1. The van der Waals surface area contributed by atoms with Gasteiger partial charge < -0.3 is 15.5 Å². The summed E-state index contributed by atoms with van der Waals surface area (Å²) < 4.78 is 7.34. The van der Waals surface area contributed by atoms with E-state index in [1.165, 1.54) is 11.4 Å². The topological polar surface area (TPSA) is 55.3 Å². The molecule has 0 aliphatic heterocycles. The SMILES string of the molecule is Cc1ccc(C)n1NC1CC(NC(=O)OCc2ccccc2)C1. The zero-order valence-corrected chi connectivity index (χ0v) is 13.6. The molecule has 2 aromatic rings. The highest BCUT2D eigenvalue weighted by molar-refractivity contribution is 5.67. The second kappa shape index (κ2) is 6.77.